The van der Waals surface area contributed by atoms with Crippen molar-refractivity contribution in [1.29, 1.82) is 5.26 Å². The largest absolute Gasteiger partial charge is 0.478 e. The number of carbonyl (C=O) groups is 1. The van der Waals surface area contributed by atoms with Crippen molar-refractivity contribution in [3.8, 4) is 11.8 Å². The zero-order chi connectivity index (χ0) is 11.5. The van der Waals surface area contributed by atoms with Crippen molar-refractivity contribution >= 4 is 5.97 Å². The van der Waals surface area contributed by atoms with Gasteiger partial charge >= 0.3 is 5.97 Å². The molecule has 4 heteroatoms. The van der Waals surface area contributed by atoms with Crippen LogP contribution in [0.2, 0.25) is 0 Å². The molecule has 0 spiro atoms. The number of aromatic carboxylic acids is 1. The van der Waals surface area contributed by atoms with Crippen molar-refractivity contribution in [1.82, 2.24) is 4.57 Å². The van der Waals surface area contributed by atoms with Crippen LogP contribution in [0.5, 0.6) is 0 Å². The summed E-state index contributed by atoms with van der Waals surface area (Å²) in [4.78, 5) is 10.7. The number of carboxylic acid groups (broad SMARTS) is 1. The number of hydrogen-bond donors (Lipinski definition) is 1. The Kier molecular flexibility index (Phi) is 2.44. The minimum atomic E-state index is -0.959. The maximum absolute atomic E-state index is 10.7. The molecule has 2 rings (SSSR count). The summed E-state index contributed by atoms with van der Waals surface area (Å²) in [6, 6.07) is 11.9. The van der Waals surface area contributed by atoms with Crippen LogP contribution in [-0.2, 0) is 0 Å². The minimum Gasteiger partial charge on any atom is -0.478 e. The summed E-state index contributed by atoms with van der Waals surface area (Å²) in [5.74, 6) is -0.959. The SMILES string of the molecule is N#Cc1cccn1-c1ccc(C(=O)O)cc1. The van der Waals surface area contributed by atoms with Crippen molar-refractivity contribution in [2.24, 2.45) is 0 Å². The Labute approximate surface area is 92.0 Å². The van der Waals surface area contributed by atoms with Gasteiger partial charge in [-0.05, 0) is 36.4 Å². The second-order valence-electron chi connectivity index (χ2n) is 3.23. The van der Waals surface area contributed by atoms with Crippen LogP contribution < -0.4 is 0 Å². The molecule has 1 aromatic heterocycles. The van der Waals surface area contributed by atoms with Gasteiger partial charge < -0.3 is 9.67 Å². The summed E-state index contributed by atoms with van der Waals surface area (Å²) in [6.07, 6.45) is 1.76. The number of carboxylic acids is 1. The lowest BCUT2D eigenvalue weighted by Crippen LogP contribution is -1.98. The van der Waals surface area contributed by atoms with Crippen molar-refractivity contribution < 1.29 is 9.90 Å². The van der Waals surface area contributed by atoms with Gasteiger partial charge in [0.1, 0.15) is 11.8 Å². The third-order valence-corrected chi connectivity index (χ3v) is 2.26. The highest BCUT2D eigenvalue weighted by molar-refractivity contribution is 5.87. The average molecular weight is 212 g/mol. The molecular formula is C12H8N2O2. The normalized spacial score (nSPS) is 9.69. The van der Waals surface area contributed by atoms with E-state index in [4.69, 9.17) is 10.4 Å². The number of aromatic nitrogens is 1. The highest BCUT2D eigenvalue weighted by Gasteiger charge is 2.04. The molecule has 0 saturated carbocycles. The van der Waals surface area contributed by atoms with E-state index < -0.39 is 5.97 Å². The van der Waals surface area contributed by atoms with Crippen molar-refractivity contribution in [2.75, 3.05) is 0 Å². The van der Waals surface area contributed by atoms with E-state index in [1.807, 2.05) is 0 Å². The molecule has 16 heavy (non-hydrogen) atoms. The van der Waals surface area contributed by atoms with Crippen molar-refractivity contribution in [2.45, 2.75) is 0 Å². The first-order chi connectivity index (χ1) is 7.72. The molecule has 0 unspecified atom stereocenters. The molecule has 78 valence electrons. The lowest BCUT2D eigenvalue weighted by atomic mass is 10.2. The first-order valence-corrected chi connectivity index (χ1v) is 4.63. The topological polar surface area (TPSA) is 66.0 Å². The second kappa shape index (κ2) is 3.91. The molecule has 1 aromatic carbocycles. The maximum atomic E-state index is 10.7. The molecule has 1 heterocycles. The quantitative estimate of drug-likeness (QED) is 0.828. The average Bonchev–Trinajstić information content (AvgIpc) is 2.77. The summed E-state index contributed by atoms with van der Waals surface area (Å²) < 4.78 is 1.70. The first kappa shape index (κ1) is 9.99. The Bertz CT molecular complexity index is 561. The van der Waals surface area contributed by atoms with Crippen LogP contribution in [-0.4, -0.2) is 15.6 Å². The molecule has 0 aliphatic heterocycles. The number of nitrogens with zero attached hydrogens (tertiary/aromatic N) is 2. The van der Waals surface area contributed by atoms with Gasteiger partial charge in [-0.15, -0.1) is 0 Å². The fraction of sp³-hybridized carbons (Fsp3) is 0. The van der Waals surface area contributed by atoms with Gasteiger partial charge in [0.25, 0.3) is 0 Å². The van der Waals surface area contributed by atoms with Gasteiger partial charge in [-0.25, -0.2) is 4.79 Å². The molecule has 0 aliphatic carbocycles. The van der Waals surface area contributed by atoms with E-state index >= 15 is 0 Å². The fourth-order valence-electron chi connectivity index (χ4n) is 1.46. The van der Waals surface area contributed by atoms with E-state index in [9.17, 15) is 4.79 Å². The van der Waals surface area contributed by atoms with Gasteiger partial charge in [-0.2, -0.15) is 5.26 Å². The molecule has 0 aliphatic rings. The zero-order valence-electron chi connectivity index (χ0n) is 8.29. The van der Waals surface area contributed by atoms with E-state index in [0.29, 0.717) is 5.69 Å². The van der Waals surface area contributed by atoms with Crippen LogP contribution in [0.15, 0.2) is 42.6 Å². The highest BCUT2D eigenvalue weighted by atomic mass is 16.4. The minimum absolute atomic E-state index is 0.231. The third-order valence-electron chi connectivity index (χ3n) is 2.26. The summed E-state index contributed by atoms with van der Waals surface area (Å²) in [5, 5.41) is 17.6. The number of nitriles is 1. The number of benzene rings is 1. The van der Waals surface area contributed by atoms with Crippen LogP contribution in [0.3, 0.4) is 0 Å². The highest BCUT2D eigenvalue weighted by Crippen LogP contribution is 2.13. The molecule has 0 atom stereocenters. The molecule has 0 bridgehead atoms. The van der Waals surface area contributed by atoms with Gasteiger partial charge in [-0.1, -0.05) is 0 Å². The van der Waals surface area contributed by atoms with E-state index in [1.165, 1.54) is 12.1 Å². The smallest absolute Gasteiger partial charge is 0.335 e. The van der Waals surface area contributed by atoms with Crippen LogP contribution >= 0.6 is 0 Å². The van der Waals surface area contributed by atoms with Crippen LogP contribution in [0.4, 0.5) is 0 Å². The second-order valence-corrected chi connectivity index (χ2v) is 3.23. The molecule has 1 N–H and O–H groups in total. The Hall–Kier alpha value is -2.54. The summed E-state index contributed by atoms with van der Waals surface area (Å²) in [7, 11) is 0. The van der Waals surface area contributed by atoms with Gasteiger partial charge in [0, 0.05) is 11.9 Å². The van der Waals surface area contributed by atoms with Crippen molar-refractivity contribution in [3.63, 3.8) is 0 Å². The summed E-state index contributed by atoms with van der Waals surface area (Å²) in [6.45, 7) is 0. The Morgan fingerprint density at radius 2 is 1.94 bits per heavy atom. The lowest BCUT2D eigenvalue weighted by Gasteiger charge is -2.04. The third kappa shape index (κ3) is 1.66. The predicted molar refractivity (Wildman–Crippen MR) is 57.4 cm³/mol. The molecule has 2 aromatic rings. The van der Waals surface area contributed by atoms with Gasteiger partial charge in [0.2, 0.25) is 0 Å². The van der Waals surface area contributed by atoms with Crippen LogP contribution in [0, 0.1) is 11.3 Å². The standard InChI is InChI=1S/C12H8N2O2/c13-8-11-2-1-7-14(11)10-5-3-9(4-6-10)12(15)16/h1-7H,(H,15,16). The van der Waals surface area contributed by atoms with Gasteiger partial charge in [0.05, 0.1) is 5.56 Å². The van der Waals surface area contributed by atoms with Gasteiger partial charge in [-0.3, -0.25) is 0 Å². The van der Waals surface area contributed by atoms with E-state index in [0.717, 1.165) is 5.69 Å². The van der Waals surface area contributed by atoms with E-state index in [-0.39, 0.29) is 5.56 Å². The van der Waals surface area contributed by atoms with Crippen LogP contribution in [0.25, 0.3) is 5.69 Å². The van der Waals surface area contributed by atoms with Crippen molar-refractivity contribution in [3.05, 3.63) is 53.9 Å². The molecule has 0 saturated heterocycles. The summed E-state index contributed by atoms with van der Waals surface area (Å²) in [5.41, 5.74) is 1.52. The first-order valence-electron chi connectivity index (χ1n) is 4.63. The molecule has 4 nitrogen and oxygen atoms in total. The van der Waals surface area contributed by atoms with E-state index in [1.54, 1.807) is 35.0 Å². The Morgan fingerprint density at radius 3 is 2.50 bits per heavy atom. The Balaban J connectivity index is 2.43. The van der Waals surface area contributed by atoms with Crippen LogP contribution in [0.1, 0.15) is 16.1 Å². The molecule has 0 radical (unpaired) electrons. The Morgan fingerprint density at radius 1 is 1.25 bits per heavy atom. The number of rotatable bonds is 2. The predicted octanol–water partition coefficient (Wildman–Crippen LogP) is 2.05. The lowest BCUT2D eigenvalue weighted by molar-refractivity contribution is 0.0697. The van der Waals surface area contributed by atoms with E-state index in [2.05, 4.69) is 6.07 Å². The fourth-order valence-corrected chi connectivity index (χ4v) is 1.46. The molecule has 0 fully saturated rings. The molecular weight excluding hydrogens is 204 g/mol. The number of hydrogen-bond acceptors (Lipinski definition) is 2. The summed E-state index contributed by atoms with van der Waals surface area (Å²) >= 11 is 0. The maximum Gasteiger partial charge on any atom is 0.335 e. The molecule has 0 amide bonds. The zero-order valence-corrected chi connectivity index (χ0v) is 8.29. The van der Waals surface area contributed by atoms with Gasteiger partial charge in [0.15, 0.2) is 0 Å². The monoisotopic (exact) mass is 212 g/mol.